The molecule has 1 nitrogen and oxygen atoms in total. The number of hydrogen-bond acceptors (Lipinski definition) is 1. The number of aryl methyl sites for hydroxylation is 2. The quantitative estimate of drug-likeness (QED) is 0.784. The molecule has 0 atom stereocenters. The summed E-state index contributed by atoms with van der Waals surface area (Å²) in [5.74, 6) is 0. The summed E-state index contributed by atoms with van der Waals surface area (Å²) in [7, 11) is 0. The summed E-state index contributed by atoms with van der Waals surface area (Å²) in [5.41, 5.74) is 1.98. The van der Waals surface area contributed by atoms with Gasteiger partial charge >= 0.3 is 6.98 Å². The maximum Gasteiger partial charge on any atom is 0.509 e. The van der Waals surface area contributed by atoms with Crippen LogP contribution in [0, 0.1) is 11.3 Å². The van der Waals surface area contributed by atoms with Gasteiger partial charge in [-0.05, 0) is 36.1 Å². The molecule has 0 saturated heterocycles. The summed E-state index contributed by atoms with van der Waals surface area (Å²) in [6.45, 7) is -4.92. The summed E-state index contributed by atoms with van der Waals surface area (Å²) in [4.78, 5) is 0. The molecule has 20 heavy (non-hydrogen) atoms. The molecular formula is C15H12BF3N-. The molecular weight excluding hydrogens is 262 g/mol. The number of benzene rings is 2. The molecule has 0 unspecified atom stereocenters. The van der Waals surface area contributed by atoms with E-state index in [0.717, 1.165) is 29.7 Å². The lowest BCUT2D eigenvalue weighted by molar-refractivity contribution is 0.501. The Balaban J connectivity index is 1.98. The van der Waals surface area contributed by atoms with E-state index in [-0.39, 0.29) is 0 Å². The summed E-state index contributed by atoms with van der Waals surface area (Å²) >= 11 is 0. The van der Waals surface area contributed by atoms with Crippen molar-refractivity contribution in [2.24, 2.45) is 0 Å². The van der Waals surface area contributed by atoms with E-state index in [4.69, 9.17) is 5.26 Å². The van der Waals surface area contributed by atoms with Crippen molar-refractivity contribution in [3.63, 3.8) is 0 Å². The number of halogens is 3. The molecule has 0 spiro atoms. The number of hydrogen-bond donors (Lipinski definition) is 0. The van der Waals surface area contributed by atoms with Crippen molar-refractivity contribution in [3.05, 3.63) is 65.2 Å². The van der Waals surface area contributed by atoms with Gasteiger partial charge in [0.05, 0.1) is 11.6 Å². The van der Waals surface area contributed by atoms with E-state index in [1.807, 2.05) is 18.2 Å². The third-order valence-corrected chi connectivity index (χ3v) is 3.14. The normalized spacial score (nSPS) is 11.1. The molecule has 0 aliphatic rings. The lowest BCUT2D eigenvalue weighted by atomic mass is 9.80. The first-order valence-corrected chi connectivity index (χ1v) is 6.27. The Morgan fingerprint density at radius 3 is 1.65 bits per heavy atom. The fraction of sp³-hybridized carbons (Fsp3) is 0.133. The monoisotopic (exact) mass is 274 g/mol. The van der Waals surface area contributed by atoms with Crippen LogP contribution >= 0.6 is 0 Å². The van der Waals surface area contributed by atoms with Crippen LogP contribution < -0.4 is 5.46 Å². The van der Waals surface area contributed by atoms with Crippen molar-refractivity contribution >= 4 is 12.4 Å². The lowest BCUT2D eigenvalue weighted by Gasteiger charge is -2.14. The molecule has 0 heterocycles. The van der Waals surface area contributed by atoms with Crippen LogP contribution in [-0.4, -0.2) is 6.98 Å². The van der Waals surface area contributed by atoms with Gasteiger partial charge in [-0.1, -0.05) is 36.4 Å². The Hall–Kier alpha value is -2.22. The van der Waals surface area contributed by atoms with Crippen LogP contribution in [-0.2, 0) is 12.8 Å². The molecule has 0 radical (unpaired) electrons. The second kappa shape index (κ2) is 5.83. The maximum absolute atomic E-state index is 12.5. The van der Waals surface area contributed by atoms with E-state index in [2.05, 4.69) is 0 Å². The standard InChI is InChI=1S/C15H12BF3N/c17-16(18,19)15-9-7-13(8-10-15)2-1-12-3-5-14(11-20)6-4-12/h3-10H,1-2H2/q-1. The first-order valence-electron chi connectivity index (χ1n) is 6.27. The van der Waals surface area contributed by atoms with Crippen LogP contribution in [0.4, 0.5) is 12.9 Å². The molecule has 0 aromatic heterocycles. The Labute approximate surface area is 115 Å². The SMILES string of the molecule is N#Cc1ccc(CCc2ccc([B-](F)(F)F)cc2)cc1. The number of nitrogens with zero attached hydrogens (tertiary/aromatic N) is 1. The average Bonchev–Trinajstić information content (AvgIpc) is 2.45. The first kappa shape index (κ1) is 14.2. The van der Waals surface area contributed by atoms with Gasteiger partial charge in [-0.2, -0.15) is 5.26 Å². The molecule has 2 rings (SSSR count). The van der Waals surface area contributed by atoms with Gasteiger partial charge in [-0.3, -0.25) is 0 Å². The minimum absolute atomic E-state index is 0.563. The zero-order valence-electron chi connectivity index (χ0n) is 10.7. The number of nitriles is 1. The van der Waals surface area contributed by atoms with Crippen LogP contribution in [0.1, 0.15) is 16.7 Å². The second-order valence-electron chi connectivity index (χ2n) is 4.63. The van der Waals surface area contributed by atoms with Gasteiger partial charge in [0.25, 0.3) is 0 Å². The first-order chi connectivity index (χ1) is 9.49. The van der Waals surface area contributed by atoms with Crippen LogP contribution in [0.15, 0.2) is 48.5 Å². The smallest absolute Gasteiger partial charge is 0.445 e. The molecule has 0 aliphatic carbocycles. The van der Waals surface area contributed by atoms with Crippen molar-refractivity contribution in [2.45, 2.75) is 12.8 Å². The lowest BCUT2D eigenvalue weighted by Crippen LogP contribution is -2.33. The van der Waals surface area contributed by atoms with Gasteiger partial charge in [-0.25, -0.2) is 0 Å². The highest BCUT2D eigenvalue weighted by Gasteiger charge is 2.24. The predicted molar refractivity (Wildman–Crippen MR) is 73.7 cm³/mol. The second-order valence-corrected chi connectivity index (χ2v) is 4.63. The third-order valence-electron chi connectivity index (χ3n) is 3.14. The maximum atomic E-state index is 12.5. The average molecular weight is 274 g/mol. The molecule has 0 amide bonds. The van der Waals surface area contributed by atoms with Crippen LogP contribution in [0.3, 0.4) is 0 Å². The van der Waals surface area contributed by atoms with E-state index in [1.54, 1.807) is 12.1 Å². The van der Waals surface area contributed by atoms with Gasteiger partial charge in [0.15, 0.2) is 0 Å². The Morgan fingerprint density at radius 1 is 0.800 bits per heavy atom. The molecule has 5 heteroatoms. The van der Waals surface area contributed by atoms with Crippen molar-refractivity contribution < 1.29 is 12.9 Å². The minimum Gasteiger partial charge on any atom is -0.445 e. The molecule has 2 aromatic carbocycles. The van der Waals surface area contributed by atoms with Crippen LogP contribution in [0.2, 0.25) is 0 Å². The van der Waals surface area contributed by atoms with Crippen molar-refractivity contribution in [3.8, 4) is 6.07 Å². The van der Waals surface area contributed by atoms with E-state index in [0.29, 0.717) is 12.0 Å². The van der Waals surface area contributed by atoms with Gasteiger partial charge in [0.2, 0.25) is 0 Å². The van der Waals surface area contributed by atoms with Crippen molar-refractivity contribution in [2.75, 3.05) is 0 Å². The Morgan fingerprint density at radius 2 is 1.25 bits per heavy atom. The van der Waals surface area contributed by atoms with Crippen LogP contribution in [0.5, 0.6) is 0 Å². The van der Waals surface area contributed by atoms with Gasteiger partial charge in [0, 0.05) is 0 Å². The van der Waals surface area contributed by atoms with E-state index in [1.165, 1.54) is 12.1 Å². The van der Waals surface area contributed by atoms with E-state index in [9.17, 15) is 12.9 Å². The third kappa shape index (κ3) is 3.64. The Kier molecular flexibility index (Phi) is 4.14. The van der Waals surface area contributed by atoms with E-state index >= 15 is 0 Å². The molecule has 0 aliphatic heterocycles. The molecule has 2 aromatic rings. The molecule has 0 bridgehead atoms. The fourth-order valence-electron chi connectivity index (χ4n) is 1.94. The highest BCUT2D eigenvalue weighted by Crippen LogP contribution is 2.12. The number of rotatable bonds is 4. The summed E-state index contributed by atoms with van der Waals surface area (Å²) < 4.78 is 37.4. The highest BCUT2D eigenvalue weighted by molar-refractivity contribution is 6.73. The predicted octanol–water partition coefficient (Wildman–Crippen LogP) is 3.40. The largest absolute Gasteiger partial charge is 0.509 e. The van der Waals surface area contributed by atoms with E-state index < -0.39 is 12.4 Å². The zero-order chi connectivity index (χ0) is 14.6. The minimum atomic E-state index is -4.92. The summed E-state index contributed by atoms with van der Waals surface area (Å²) in [6, 6.07) is 14.6. The van der Waals surface area contributed by atoms with Gasteiger partial charge < -0.3 is 12.9 Å². The molecule has 0 fully saturated rings. The molecule has 0 saturated carbocycles. The summed E-state index contributed by atoms with van der Waals surface area (Å²) in [5, 5.41) is 8.69. The fourth-order valence-corrected chi connectivity index (χ4v) is 1.94. The van der Waals surface area contributed by atoms with Gasteiger partial charge in [-0.15, -0.1) is 5.46 Å². The highest BCUT2D eigenvalue weighted by atomic mass is 19.4. The molecule has 0 N–H and O–H groups in total. The molecule has 102 valence electrons. The summed E-state index contributed by atoms with van der Waals surface area (Å²) in [6.07, 6.45) is 1.42. The van der Waals surface area contributed by atoms with Gasteiger partial charge in [0.1, 0.15) is 0 Å². The zero-order valence-corrected chi connectivity index (χ0v) is 10.7. The van der Waals surface area contributed by atoms with Crippen molar-refractivity contribution in [1.29, 1.82) is 5.26 Å². The topological polar surface area (TPSA) is 23.8 Å². The van der Waals surface area contributed by atoms with Crippen LogP contribution in [0.25, 0.3) is 0 Å². The Bertz CT molecular complexity index is 610. The van der Waals surface area contributed by atoms with Crippen molar-refractivity contribution in [1.82, 2.24) is 0 Å².